The number of unbranched alkanes of at least 4 members (excludes halogenated alkanes) is 39. The van der Waals surface area contributed by atoms with Gasteiger partial charge in [-0.25, -0.2) is 0 Å². The van der Waals surface area contributed by atoms with Gasteiger partial charge in [0.15, 0.2) is 6.10 Å². The minimum absolute atomic E-state index is 0.0891. The molecule has 0 aliphatic carbocycles. The molecule has 0 radical (unpaired) electrons. The maximum absolute atomic E-state index is 12.9. The Kier molecular flexibility index (Phi) is 63.7. The van der Waals surface area contributed by atoms with Crippen LogP contribution in [0.25, 0.3) is 0 Å². The fourth-order valence-electron chi connectivity index (χ4n) is 9.88. The van der Waals surface area contributed by atoms with E-state index in [4.69, 9.17) is 14.2 Å². The fourth-order valence-corrected chi connectivity index (χ4v) is 9.88. The SMILES string of the molecule is CC/C=C\C/C=C\C/C=C\C/C=C\CCCCC(=O)OCC(COC(=O)CCCCCCCCCCCCCCCCCCCCCCCCCCCCCC)OC(=O)CCCCCCCCC/C=C\C/C=C\CCCCC. The van der Waals surface area contributed by atoms with Crippen molar-refractivity contribution in [1.29, 1.82) is 0 Å². The summed E-state index contributed by atoms with van der Waals surface area (Å²) in [5.41, 5.74) is 0. The molecule has 6 heteroatoms. The van der Waals surface area contributed by atoms with Crippen molar-refractivity contribution in [2.45, 2.75) is 354 Å². The molecule has 0 rings (SSSR count). The zero-order chi connectivity index (χ0) is 56.4. The lowest BCUT2D eigenvalue weighted by atomic mass is 10.0. The molecule has 0 saturated carbocycles. The summed E-state index contributed by atoms with van der Waals surface area (Å²) < 4.78 is 16.9. The summed E-state index contributed by atoms with van der Waals surface area (Å²) in [5.74, 6) is -0.924. The Hall–Kier alpha value is -3.15. The van der Waals surface area contributed by atoms with Crippen LogP contribution in [0.5, 0.6) is 0 Å². The number of hydrogen-bond acceptors (Lipinski definition) is 6. The highest BCUT2D eigenvalue weighted by atomic mass is 16.6. The molecule has 0 spiro atoms. The average molecular weight is 1090 g/mol. The second-order valence-corrected chi connectivity index (χ2v) is 22.7. The van der Waals surface area contributed by atoms with Gasteiger partial charge < -0.3 is 14.2 Å². The molecule has 78 heavy (non-hydrogen) atoms. The number of hydrogen-bond donors (Lipinski definition) is 0. The van der Waals surface area contributed by atoms with Crippen LogP contribution >= 0.6 is 0 Å². The molecule has 452 valence electrons. The van der Waals surface area contributed by atoms with Crippen LogP contribution in [-0.2, 0) is 28.6 Å². The van der Waals surface area contributed by atoms with E-state index in [-0.39, 0.29) is 31.1 Å². The van der Waals surface area contributed by atoms with Gasteiger partial charge in [-0.2, -0.15) is 0 Å². The van der Waals surface area contributed by atoms with E-state index in [1.54, 1.807) is 0 Å². The Morgan fingerprint density at radius 3 is 0.833 bits per heavy atom. The van der Waals surface area contributed by atoms with Crippen molar-refractivity contribution in [3.05, 3.63) is 72.9 Å². The molecule has 0 aliphatic heterocycles. The van der Waals surface area contributed by atoms with Gasteiger partial charge in [-0.1, -0.05) is 312 Å². The minimum Gasteiger partial charge on any atom is -0.462 e. The number of ether oxygens (including phenoxy) is 3. The van der Waals surface area contributed by atoms with Crippen LogP contribution in [0.1, 0.15) is 348 Å². The highest BCUT2D eigenvalue weighted by Gasteiger charge is 2.19. The highest BCUT2D eigenvalue weighted by molar-refractivity contribution is 5.71. The van der Waals surface area contributed by atoms with Crippen LogP contribution in [0.2, 0.25) is 0 Å². The van der Waals surface area contributed by atoms with Crippen molar-refractivity contribution in [2.24, 2.45) is 0 Å². The van der Waals surface area contributed by atoms with Gasteiger partial charge in [-0.15, -0.1) is 0 Å². The van der Waals surface area contributed by atoms with Crippen molar-refractivity contribution in [1.82, 2.24) is 0 Å². The second-order valence-electron chi connectivity index (χ2n) is 22.7. The quantitative estimate of drug-likeness (QED) is 0.0261. The first kappa shape index (κ1) is 74.8. The molecule has 6 nitrogen and oxygen atoms in total. The zero-order valence-electron chi connectivity index (χ0n) is 51.9. The number of allylic oxidation sites excluding steroid dienone is 12. The standard InChI is InChI=1S/C72H128O6/c1-4-7-10-13-16-19-22-25-28-30-31-32-33-34-35-36-37-38-39-40-42-44-47-50-53-56-59-62-65-71(74)77-68-69(67-76-70(73)64-61-58-55-52-49-46-43-27-24-21-18-15-12-9-6-3)78-72(75)66-63-60-57-54-51-48-45-41-29-26-23-20-17-14-11-8-5-2/h9,12,17-18,20-21,26-27,29,43,49,52,69H,4-8,10-11,13-16,19,22-25,28,30-42,44-48,50-51,53-68H2,1-3H3/b12-9-,20-17-,21-18-,29-26-,43-27-,52-49-. The van der Waals surface area contributed by atoms with Gasteiger partial charge in [0.05, 0.1) is 0 Å². The van der Waals surface area contributed by atoms with Gasteiger partial charge in [0.25, 0.3) is 0 Å². The van der Waals surface area contributed by atoms with Crippen molar-refractivity contribution >= 4 is 17.9 Å². The predicted molar refractivity (Wildman–Crippen MR) is 339 cm³/mol. The molecule has 0 aliphatic rings. The van der Waals surface area contributed by atoms with E-state index in [1.165, 1.54) is 212 Å². The van der Waals surface area contributed by atoms with Crippen LogP contribution in [-0.4, -0.2) is 37.2 Å². The Balaban J connectivity index is 4.26. The molecular formula is C72H128O6. The van der Waals surface area contributed by atoms with Crippen molar-refractivity contribution < 1.29 is 28.6 Å². The van der Waals surface area contributed by atoms with Crippen LogP contribution in [0.4, 0.5) is 0 Å². The number of rotatable bonds is 62. The summed E-state index contributed by atoms with van der Waals surface area (Å²) in [5, 5.41) is 0. The van der Waals surface area contributed by atoms with E-state index in [0.29, 0.717) is 19.3 Å². The molecule has 1 atom stereocenters. The van der Waals surface area contributed by atoms with Gasteiger partial charge in [0.1, 0.15) is 13.2 Å². The molecule has 0 fully saturated rings. The Morgan fingerprint density at radius 1 is 0.269 bits per heavy atom. The summed E-state index contributed by atoms with van der Waals surface area (Å²) in [6.45, 7) is 6.51. The lowest BCUT2D eigenvalue weighted by Crippen LogP contribution is -2.30. The third-order valence-electron chi connectivity index (χ3n) is 14.9. The van der Waals surface area contributed by atoms with E-state index in [2.05, 4.69) is 93.7 Å². The van der Waals surface area contributed by atoms with E-state index < -0.39 is 6.10 Å². The van der Waals surface area contributed by atoms with Crippen LogP contribution < -0.4 is 0 Å². The first-order valence-electron chi connectivity index (χ1n) is 33.9. The number of esters is 3. The lowest BCUT2D eigenvalue weighted by molar-refractivity contribution is -0.167. The van der Waals surface area contributed by atoms with Gasteiger partial charge in [-0.3, -0.25) is 14.4 Å². The topological polar surface area (TPSA) is 78.9 Å². The van der Waals surface area contributed by atoms with E-state index in [9.17, 15) is 14.4 Å². The van der Waals surface area contributed by atoms with Gasteiger partial charge >= 0.3 is 17.9 Å². The van der Waals surface area contributed by atoms with Gasteiger partial charge in [-0.05, 0) is 89.9 Å². The number of carbonyl (C=O) groups is 3. The number of carbonyl (C=O) groups excluding carboxylic acids is 3. The largest absolute Gasteiger partial charge is 0.462 e. The van der Waals surface area contributed by atoms with Crippen molar-refractivity contribution in [3.63, 3.8) is 0 Å². The Labute approximate surface area is 484 Å². The summed E-state index contributed by atoms with van der Waals surface area (Å²) in [6.07, 6.45) is 86.5. The Morgan fingerprint density at radius 2 is 0.500 bits per heavy atom. The molecule has 0 aromatic heterocycles. The second kappa shape index (κ2) is 66.4. The monoisotopic (exact) mass is 1090 g/mol. The average Bonchev–Trinajstić information content (AvgIpc) is 3.44. The first-order chi connectivity index (χ1) is 38.5. The van der Waals surface area contributed by atoms with Crippen LogP contribution in [0.15, 0.2) is 72.9 Å². The molecule has 0 aromatic carbocycles. The molecule has 0 amide bonds. The Bertz CT molecular complexity index is 1440. The third kappa shape index (κ3) is 63.7. The molecule has 0 heterocycles. The van der Waals surface area contributed by atoms with E-state index >= 15 is 0 Å². The summed E-state index contributed by atoms with van der Waals surface area (Å²) in [7, 11) is 0. The molecule has 0 aromatic rings. The van der Waals surface area contributed by atoms with Gasteiger partial charge in [0, 0.05) is 19.3 Å². The zero-order valence-corrected chi connectivity index (χ0v) is 51.9. The molecular weight excluding hydrogens is 961 g/mol. The first-order valence-corrected chi connectivity index (χ1v) is 33.9. The van der Waals surface area contributed by atoms with E-state index in [1.807, 2.05) is 0 Å². The third-order valence-corrected chi connectivity index (χ3v) is 14.9. The maximum Gasteiger partial charge on any atom is 0.306 e. The normalized spacial score (nSPS) is 12.5. The van der Waals surface area contributed by atoms with Crippen molar-refractivity contribution in [3.8, 4) is 0 Å². The summed E-state index contributed by atoms with van der Waals surface area (Å²) >= 11 is 0. The van der Waals surface area contributed by atoms with E-state index in [0.717, 1.165) is 96.3 Å². The van der Waals surface area contributed by atoms with Crippen molar-refractivity contribution in [2.75, 3.05) is 13.2 Å². The molecule has 0 bridgehead atoms. The molecule has 0 saturated heterocycles. The summed E-state index contributed by atoms with van der Waals surface area (Å²) in [6, 6.07) is 0. The van der Waals surface area contributed by atoms with Gasteiger partial charge in [0.2, 0.25) is 0 Å². The summed E-state index contributed by atoms with van der Waals surface area (Å²) in [4.78, 5) is 38.3. The minimum atomic E-state index is -0.797. The van der Waals surface area contributed by atoms with Crippen LogP contribution in [0.3, 0.4) is 0 Å². The molecule has 1 unspecified atom stereocenters. The highest BCUT2D eigenvalue weighted by Crippen LogP contribution is 2.18. The smallest absolute Gasteiger partial charge is 0.306 e. The maximum atomic E-state index is 12.9. The van der Waals surface area contributed by atoms with Crippen LogP contribution in [0, 0.1) is 0 Å². The lowest BCUT2D eigenvalue weighted by Gasteiger charge is -2.18. The fraction of sp³-hybridized carbons (Fsp3) is 0.792. The predicted octanol–water partition coefficient (Wildman–Crippen LogP) is 23.3. The molecule has 0 N–H and O–H groups in total.